The van der Waals surface area contributed by atoms with Crippen molar-refractivity contribution in [3.8, 4) is 0 Å². The van der Waals surface area contributed by atoms with Gasteiger partial charge in [-0.15, -0.1) is 0 Å². The predicted molar refractivity (Wildman–Crippen MR) is 64.1 cm³/mol. The van der Waals surface area contributed by atoms with Crippen molar-refractivity contribution in [1.29, 1.82) is 0 Å². The van der Waals surface area contributed by atoms with E-state index in [2.05, 4.69) is 13.0 Å². The number of para-hydroxylation sites is 1. The molecule has 1 unspecified atom stereocenters. The number of hydrogen-bond donors (Lipinski definition) is 2. The number of benzene rings is 1. The van der Waals surface area contributed by atoms with Crippen molar-refractivity contribution in [3.05, 3.63) is 29.8 Å². The van der Waals surface area contributed by atoms with Gasteiger partial charge in [-0.25, -0.2) is 0 Å². The SMILES string of the molecule is Cc1ccccc1N(C)CC(C)(O)CN. The fourth-order valence-electron chi connectivity index (χ4n) is 1.65. The van der Waals surface area contributed by atoms with Crippen LogP contribution in [0.5, 0.6) is 0 Å². The first-order chi connectivity index (χ1) is 6.96. The highest BCUT2D eigenvalue weighted by Crippen LogP contribution is 2.19. The summed E-state index contributed by atoms with van der Waals surface area (Å²) >= 11 is 0. The van der Waals surface area contributed by atoms with E-state index in [1.807, 2.05) is 30.1 Å². The van der Waals surface area contributed by atoms with Gasteiger partial charge in [-0.1, -0.05) is 18.2 Å². The predicted octanol–water partition coefficient (Wildman–Crippen LogP) is 1.14. The van der Waals surface area contributed by atoms with Crippen LogP contribution < -0.4 is 10.6 Å². The van der Waals surface area contributed by atoms with Crippen molar-refractivity contribution in [3.63, 3.8) is 0 Å². The number of anilines is 1. The molecule has 15 heavy (non-hydrogen) atoms. The lowest BCUT2D eigenvalue weighted by Gasteiger charge is -2.30. The van der Waals surface area contributed by atoms with Crippen LogP contribution in [-0.4, -0.2) is 30.8 Å². The first-order valence-corrected chi connectivity index (χ1v) is 5.15. The van der Waals surface area contributed by atoms with Crippen LogP contribution >= 0.6 is 0 Å². The van der Waals surface area contributed by atoms with Crippen molar-refractivity contribution >= 4 is 5.69 Å². The fourth-order valence-corrected chi connectivity index (χ4v) is 1.65. The molecule has 0 aliphatic rings. The molecule has 0 radical (unpaired) electrons. The van der Waals surface area contributed by atoms with Gasteiger partial charge in [-0.2, -0.15) is 0 Å². The average molecular weight is 208 g/mol. The van der Waals surface area contributed by atoms with E-state index < -0.39 is 5.60 Å². The minimum atomic E-state index is -0.836. The van der Waals surface area contributed by atoms with E-state index in [1.54, 1.807) is 6.92 Å². The first kappa shape index (κ1) is 12.0. The van der Waals surface area contributed by atoms with E-state index in [0.717, 1.165) is 5.69 Å². The van der Waals surface area contributed by atoms with E-state index in [4.69, 9.17) is 5.73 Å². The molecule has 84 valence electrons. The lowest BCUT2D eigenvalue weighted by Crippen LogP contribution is -2.45. The third-order valence-electron chi connectivity index (χ3n) is 2.54. The van der Waals surface area contributed by atoms with Gasteiger partial charge in [-0.3, -0.25) is 0 Å². The summed E-state index contributed by atoms with van der Waals surface area (Å²) in [6.07, 6.45) is 0. The van der Waals surface area contributed by atoms with Crippen molar-refractivity contribution in [2.45, 2.75) is 19.4 Å². The summed E-state index contributed by atoms with van der Waals surface area (Å²) in [7, 11) is 1.96. The molecule has 1 atom stereocenters. The summed E-state index contributed by atoms with van der Waals surface area (Å²) in [6.45, 7) is 4.61. The second kappa shape index (κ2) is 4.64. The van der Waals surface area contributed by atoms with Gasteiger partial charge >= 0.3 is 0 Å². The Labute approximate surface area is 91.5 Å². The van der Waals surface area contributed by atoms with Gasteiger partial charge in [-0.05, 0) is 25.5 Å². The zero-order valence-corrected chi connectivity index (χ0v) is 9.70. The van der Waals surface area contributed by atoms with Crippen molar-refractivity contribution in [2.24, 2.45) is 5.73 Å². The lowest BCUT2D eigenvalue weighted by atomic mass is 10.1. The molecular formula is C12H20N2O. The number of aliphatic hydroxyl groups is 1. The van der Waals surface area contributed by atoms with Gasteiger partial charge in [0, 0.05) is 25.8 Å². The Balaban J connectivity index is 2.78. The largest absolute Gasteiger partial charge is 0.387 e. The maximum Gasteiger partial charge on any atom is 0.0915 e. The number of hydrogen-bond acceptors (Lipinski definition) is 3. The number of aryl methyl sites for hydroxylation is 1. The van der Waals surface area contributed by atoms with Crippen molar-refractivity contribution < 1.29 is 5.11 Å². The Kier molecular flexibility index (Phi) is 3.72. The van der Waals surface area contributed by atoms with Crippen LogP contribution in [-0.2, 0) is 0 Å². The Morgan fingerprint density at radius 2 is 2.00 bits per heavy atom. The highest BCUT2D eigenvalue weighted by atomic mass is 16.3. The fraction of sp³-hybridized carbons (Fsp3) is 0.500. The lowest BCUT2D eigenvalue weighted by molar-refractivity contribution is 0.0772. The van der Waals surface area contributed by atoms with Gasteiger partial charge < -0.3 is 15.7 Å². The zero-order valence-electron chi connectivity index (χ0n) is 9.70. The second-order valence-electron chi connectivity index (χ2n) is 4.34. The summed E-state index contributed by atoms with van der Waals surface area (Å²) < 4.78 is 0. The summed E-state index contributed by atoms with van der Waals surface area (Å²) in [5.41, 5.74) is 6.99. The summed E-state index contributed by atoms with van der Waals surface area (Å²) in [5.74, 6) is 0. The third-order valence-corrected chi connectivity index (χ3v) is 2.54. The molecule has 3 N–H and O–H groups in total. The van der Waals surface area contributed by atoms with Gasteiger partial charge in [0.05, 0.1) is 5.60 Å². The molecular weight excluding hydrogens is 188 g/mol. The maximum absolute atomic E-state index is 9.88. The van der Waals surface area contributed by atoms with Crippen molar-refractivity contribution in [1.82, 2.24) is 0 Å². The van der Waals surface area contributed by atoms with Crippen LogP contribution in [0.1, 0.15) is 12.5 Å². The van der Waals surface area contributed by atoms with Gasteiger partial charge in [0.2, 0.25) is 0 Å². The van der Waals surface area contributed by atoms with Crippen molar-refractivity contribution in [2.75, 3.05) is 25.0 Å². The highest BCUT2D eigenvalue weighted by molar-refractivity contribution is 5.52. The topological polar surface area (TPSA) is 49.5 Å². The van der Waals surface area contributed by atoms with Gasteiger partial charge in [0.1, 0.15) is 0 Å². The molecule has 0 aliphatic heterocycles. The van der Waals surface area contributed by atoms with Crippen LogP contribution in [0.3, 0.4) is 0 Å². The average Bonchev–Trinajstić information content (AvgIpc) is 2.17. The number of nitrogens with two attached hydrogens (primary N) is 1. The van der Waals surface area contributed by atoms with Crippen LogP contribution in [0.15, 0.2) is 24.3 Å². The smallest absolute Gasteiger partial charge is 0.0915 e. The monoisotopic (exact) mass is 208 g/mol. The summed E-state index contributed by atoms with van der Waals surface area (Å²) in [6, 6.07) is 8.11. The third kappa shape index (κ3) is 3.22. The molecule has 3 nitrogen and oxygen atoms in total. The number of nitrogens with zero attached hydrogens (tertiary/aromatic N) is 1. The Morgan fingerprint density at radius 3 is 2.53 bits per heavy atom. The molecule has 0 spiro atoms. The molecule has 1 rings (SSSR count). The van der Waals surface area contributed by atoms with Crippen LogP contribution in [0.4, 0.5) is 5.69 Å². The first-order valence-electron chi connectivity index (χ1n) is 5.15. The number of rotatable bonds is 4. The normalized spacial score (nSPS) is 14.7. The van der Waals surface area contributed by atoms with Crippen LogP contribution in [0.25, 0.3) is 0 Å². The highest BCUT2D eigenvalue weighted by Gasteiger charge is 2.20. The minimum Gasteiger partial charge on any atom is -0.387 e. The minimum absolute atomic E-state index is 0.267. The molecule has 0 heterocycles. The standard InChI is InChI=1S/C12H20N2O/c1-10-6-4-5-7-11(10)14(3)9-12(2,15)8-13/h4-7,15H,8-9,13H2,1-3H3. The molecule has 0 saturated carbocycles. The molecule has 0 bridgehead atoms. The van der Waals surface area contributed by atoms with Gasteiger partial charge in [0.25, 0.3) is 0 Å². The molecule has 1 aromatic carbocycles. The van der Waals surface area contributed by atoms with E-state index >= 15 is 0 Å². The number of likely N-dealkylation sites (N-methyl/N-ethyl adjacent to an activating group) is 1. The Morgan fingerprint density at radius 1 is 1.40 bits per heavy atom. The van der Waals surface area contributed by atoms with E-state index in [0.29, 0.717) is 6.54 Å². The quantitative estimate of drug-likeness (QED) is 0.780. The van der Waals surface area contributed by atoms with E-state index in [-0.39, 0.29) is 6.54 Å². The van der Waals surface area contributed by atoms with Crippen LogP contribution in [0, 0.1) is 6.92 Å². The molecule has 0 aliphatic carbocycles. The molecule has 0 fully saturated rings. The van der Waals surface area contributed by atoms with Gasteiger partial charge in [0.15, 0.2) is 0 Å². The zero-order chi connectivity index (χ0) is 11.5. The molecule has 1 aromatic rings. The summed E-state index contributed by atoms with van der Waals surface area (Å²) in [5, 5.41) is 9.88. The molecule has 0 saturated heterocycles. The molecule has 3 heteroatoms. The summed E-state index contributed by atoms with van der Waals surface area (Å²) in [4.78, 5) is 2.03. The maximum atomic E-state index is 9.88. The Bertz CT molecular complexity index is 323. The van der Waals surface area contributed by atoms with E-state index in [9.17, 15) is 5.11 Å². The second-order valence-corrected chi connectivity index (χ2v) is 4.34. The van der Waals surface area contributed by atoms with Crippen LogP contribution in [0.2, 0.25) is 0 Å². The molecule has 0 aromatic heterocycles. The molecule has 0 amide bonds. The Hall–Kier alpha value is -1.06. The van der Waals surface area contributed by atoms with E-state index in [1.165, 1.54) is 5.56 Å².